The second-order valence-corrected chi connectivity index (χ2v) is 6.75. The zero-order valence-electron chi connectivity index (χ0n) is 16.1. The first kappa shape index (κ1) is 22.2. The summed E-state index contributed by atoms with van der Waals surface area (Å²) in [7, 11) is 1.53. The molecule has 0 aromatic heterocycles. The van der Waals surface area contributed by atoms with Crippen molar-refractivity contribution >= 4 is 23.3 Å². The molecule has 0 saturated carbocycles. The summed E-state index contributed by atoms with van der Waals surface area (Å²) in [4.78, 5) is 14.3. The molecule has 1 aromatic rings. The molecule has 0 bridgehead atoms. The van der Waals surface area contributed by atoms with Gasteiger partial charge in [-0.05, 0) is 44.6 Å². The molecule has 1 aliphatic heterocycles. The predicted molar refractivity (Wildman–Crippen MR) is 102 cm³/mol. The van der Waals surface area contributed by atoms with Crippen molar-refractivity contribution in [3.05, 3.63) is 46.7 Å². The van der Waals surface area contributed by atoms with Gasteiger partial charge in [-0.3, -0.25) is 0 Å². The zero-order chi connectivity index (χ0) is 21.1. The average Bonchev–Trinajstić information content (AvgIpc) is 2.60. The van der Waals surface area contributed by atoms with Gasteiger partial charge in [0.05, 0.1) is 36.4 Å². The van der Waals surface area contributed by atoms with E-state index in [-0.39, 0.29) is 28.9 Å². The lowest BCUT2D eigenvalue weighted by Gasteiger charge is -2.41. The van der Waals surface area contributed by atoms with Gasteiger partial charge in [-0.15, -0.1) is 0 Å². The largest absolute Gasteiger partial charge is 0.463 e. The van der Waals surface area contributed by atoms with Crippen LogP contribution in [0.5, 0.6) is 0 Å². The maximum Gasteiger partial charge on any atom is 0.416 e. The van der Waals surface area contributed by atoms with E-state index >= 15 is 0 Å². The van der Waals surface area contributed by atoms with Crippen LogP contribution in [0.25, 0.3) is 0 Å². The number of methoxy groups -OCH3 is 1. The van der Waals surface area contributed by atoms with Crippen LogP contribution in [-0.4, -0.2) is 42.3 Å². The highest BCUT2D eigenvalue weighted by Gasteiger charge is 2.41. The highest BCUT2D eigenvalue weighted by molar-refractivity contribution is 7.80. The fraction of sp³-hybridized carbons (Fsp3) is 0.474. The Kier molecular flexibility index (Phi) is 7.06. The van der Waals surface area contributed by atoms with Crippen molar-refractivity contribution < 1.29 is 27.4 Å². The van der Waals surface area contributed by atoms with E-state index in [0.717, 1.165) is 6.07 Å². The molecule has 2 rings (SSSR count). The first-order valence-electron chi connectivity index (χ1n) is 8.76. The minimum absolute atomic E-state index is 0.0844. The summed E-state index contributed by atoms with van der Waals surface area (Å²) in [6.45, 7) is 5.54. The average molecular weight is 416 g/mol. The van der Waals surface area contributed by atoms with Crippen LogP contribution in [-0.2, 0) is 20.4 Å². The number of nitrogens with one attached hydrogen (secondary N) is 1. The minimum atomic E-state index is -4.58. The van der Waals surface area contributed by atoms with E-state index in [9.17, 15) is 18.0 Å². The van der Waals surface area contributed by atoms with Crippen LogP contribution in [0, 0.1) is 0 Å². The van der Waals surface area contributed by atoms with Crippen LogP contribution < -0.4 is 5.32 Å². The topological polar surface area (TPSA) is 50.8 Å². The number of benzene rings is 1. The Morgan fingerprint density at radius 3 is 2.57 bits per heavy atom. The maximum atomic E-state index is 13.6. The van der Waals surface area contributed by atoms with E-state index in [1.807, 2.05) is 6.92 Å². The molecule has 1 aromatic carbocycles. The standard InChI is InChI=1S/C19H23F3N2O3S/c1-5-27-17(25)15-12(3)24(11(2)10-26-4)18(28)23-16(15)13-8-6-7-9-14(13)19(20,21)22/h6-9,11,16H,5,10H2,1-4H3,(H,23,28)/t11-,16+/m0/s1. The van der Waals surface area contributed by atoms with Gasteiger partial charge in [0.1, 0.15) is 0 Å². The van der Waals surface area contributed by atoms with E-state index in [2.05, 4.69) is 5.32 Å². The van der Waals surface area contributed by atoms with Crippen molar-refractivity contribution in [3.63, 3.8) is 0 Å². The predicted octanol–water partition coefficient (Wildman–Crippen LogP) is 3.81. The summed E-state index contributed by atoms with van der Waals surface area (Å²) in [5.41, 5.74) is -0.383. The van der Waals surface area contributed by atoms with Gasteiger partial charge in [0, 0.05) is 12.8 Å². The monoisotopic (exact) mass is 416 g/mol. The molecule has 0 fully saturated rings. The summed E-state index contributed by atoms with van der Waals surface area (Å²) < 4.78 is 51.0. The third kappa shape index (κ3) is 4.47. The molecule has 1 aliphatic rings. The number of carbonyl (C=O) groups excluding carboxylic acids is 1. The molecule has 28 heavy (non-hydrogen) atoms. The lowest BCUT2D eigenvalue weighted by Crippen LogP contribution is -2.52. The van der Waals surface area contributed by atoms with Crippen molar-refractivity contribution in [2.45, 2.75) is 39.0 Å². The number of thiocarbonyl (C=S) groups is 1. The molecule has 2 atom stereocenters. The Morgan fingerprint density at radius 1 is 1.36 bits per heavy atom. The Hall–Kier alpha value is -2.13. The first-order chi connectivity index (χ1) is 13.1. The number of halogens is 3. The number of nitrogens with zero attached hydrogens (tertiary/aromatic N) is 1. The normalized spacial score (nSPS) is 18.8. The number of carbonyl (C=O) groups is 1. The molecule has 0 saturated heterocycles. The number of hydrogen-bond donors (Lipinski definition) is 1. The summed E-state index contributed by atoms with van der Waals surface area (Å²) in [5.74, 6) is -0.688. The van der Waals surface area contributed by atoms with Crippen LogP contribution in [0.3, 0.4) is 0 Å². The second kappa shape index (κ2) is 8.91. The molecule has 1 heterocycles. The van der Waals surface area contributed by atoms with Crippen LogP contribution in [0.2, 0.25) is 0 Å². The zero-order valence-corrected chi connectivity index (χ0v) is 16.9. The highest BCUT2D eigenvalue weighted by atomic mass is 32.1. The van der Waals surface area contributed by atoms with Gasteiger partial charge in [-0.25, -0.2) is 4.79 Å². The molecule has 5 nitrogen and oxygen atoms in total. The number of allylic oxidation sites excluding steroid dienone is 1. The molecule has 0 aliphatic carbocycles. The molecule has 9 heteroatoms. The second-order valence-electron chi connectivity index (χ2n) is 6.36. The van der Waals surface area contributed by atoms with Crippen molar-refractivity contribution in [2.24, 2.45) is 0 Å². The summed E-state index contributed by atoms with van der Waals surface area (Å²) in [6.07, 6.45) is -4.58. The number of ether oxygens (including phenoxy) is 2. The van der Waals surface area contributed by atoms with Crippen molar-refractivity contribution in [1.29, 1.82) is 0 Å². The van der Waals surface area contributed by atoms with E-state index in [0.29, 0.717) is 12.3 Å². The first-order valence-corrected chi connectivity index (χ1v) is 9.16. The van der Waals surface area contributed by atoms with Gasteiger partial charge >= 0.3 is 12.1 Å². The van der Waals surface area contributed by atoms with E-state index < -0.39 is 23.8 Å². The SMILES string of the molecule is CCOC(=O)C1=C(C)N([C@@H](C)COC)C(=S)N[C@@H]1c1ccccc1C(F)(F)F. The molecule has 0 unspecified atom stereocenters. The molecular weight excluding hydrogens is 393 g/mol. The lowest BCUT2D eigenvalue weighted by molar-refractivity contribution is -0.141. The third-order valence-electron chi connectivity index (χ3n) is 4.45. The summed E-state index contributed by atoms with van der Waals surface area (Å²) >= 11 is 5.40. The van der Waals surface area contributed by atoms with Crippen molar-refractivity contribution in [1.82, 2.24) is 10.2 Å². The lowest BCUT2D eigenvalue weighted by atomic mass is 9.91. The van der Waals surface area contributed by atoms with Crippen LogP contribution in [0.15, 0.2) is 35.5 Å². The molecule has 0 radical (unpaired) electrons. The molecule has 0 spiro atoms. The van der Waals surface area contributed by atoms with E-state index in [1.54, 1.807) is 18.7 Å². The maximum absolute atomic E-state index is 13.6. The molecule has 1 N–H and O–H groups in total. The van der Waals surface area contributed by atoms with E-state index in [1.165, 1.54) is 25.3 Å². The number of rotatable bonds is 6. The molecule has 154 valence electrons. The highest BCUT2D eigenvalue weighted by Crippen LogP contribution is 2.39. The molecule has 0 amide bonds. The Bertz CT molecular complexity index is 780. The van der Waals surface area contributed by atoms with Gasteiger partial charge in [-0.2, -0.15) is 13.2 Å². The number of alkyl halides is 3. The van der Waals surface area contributed by atoms with Crippen LogP contribution in [0.1, 0.15) is 37.9 Å². The number of esters is 1. The Balaban J connectivity index is 2.65. The summed E-state index contributed by atoms with van der Waals surface area (Å²) in [6, 6.07) is 3.82. The van der Waals surface area contributed by atoms with Gasteiger partial charge in [-0.1, -0.05) is 18.2 Å². The minimum Gasteiger partial charge on any atom is -0.463 e. The fourth-order valence-corrected chi connectivity index (χ4v) is 3.75. The van der Waals surface area contributed by atoms with Crippen LogP contribution >= 0.6 is 12.2 Å². The summed E-state index contributed by atoms with van der Waals surface area (Å²) in [5, 5.41) is 3.12. The fourth-order valence-electron chi connectivity index (χ4n) is 3.32. The smallest absolute Gasteiger partial charge is 0.416 e. The van der Waals surface area contributed by atoms with E-state index in [4.69, 9.17) is 21.7 Å². The Labute approximate surface area is 167 Å². The van der Waals surface area contributed by atoms with Gasteiger partial charge < -0.3 is 19.7 Å². The number of hydrogen-bond acceptors (Lipinski definition) is 4. The van der Waals surface area contributed by atoms with Crippen LogP contribution in [0.4, 0.5) is 13.2 Å². The Morgan fingerprint density at radius 2 is 2.00 bits per heavy atom. The third-order valence-corrected chi connectivity index (χ3v) is 4.76. The van der Waals surface area contributed by atoms with Crippen molar-refractivity contribution in [2.75, 3.05) is 20.3 Å². The van der Waals surface area contributed by atoms with Gasteiger partial charge in [0.25, 0.3) is 0 Å². The van der Waals surface area contributed by atoms with Gasteiger partial charge in [0.15, 0.2) is 5.11 Å². The van der Waals surface area contributed by atoms with Gasteiger partial charge in [0.2, 0.25) is 0 Å². The quantitative estimate of drug-likeness (QED) is 0.562. The van der Waals surface area contributed by atoms with Crippen molar-refractivity contribution in [3.8, 4) is 0 Å². The molecular formula is C19H23F3N2O3S.